The van der Waals surface area contributed by atoms with Crippen LogP contribution in [0.4, 0.5) is 10.2 Å². The number of hydrogen-bond donors (Lipinski definition) is 2. The van der Waals surface area contributed by atoms with Crippen LogP contribution in [-0.2, 0) is 6.61 Å². The Hall–Kier alpha value is -2.45. The second-order valence-corrected chi connectivity index (χ2v) is 6.92. The number of hydrogen-bond acceptors (Lipinski definition) is 6. The summed E-state index contributed by atoms with van der Waals surface area (Å²) in [5, 5.41) is 17.3. The number of aliphatic hydroxyl groups is 1. The topological polar surface area (TPSA) is 87.2 Å². The van der Waals surface area contributed by atoms with Crippen LogP contribution in [0.5, 0.6) is 5.75 Å². The van der Waals surface area contributed by atoms with Crippen molar-refractivity contribution in [2.24, 2.45) is 0 Å². The Labute approximate surface area is 160 Å². The number of rotatable bonds is 4. The number of aromatic nitrogens is 4. The van der Waals surface area contributed by atoms with Gasteiger partial charge in [-0.3, -0.25) is 5.10 Å². The van der Waals surface area contributed by atoms with E-state index in [1.54, 1.807) is 13.1 Å². The quantitative estimate of drug-likeness (QED) is 0.665. The van der Waals surface area contributed by atoms with Crippen LogP contribution < -0.4 is 9.64 Å². The van der Waals surface area contributed by atoms with Crippen molar-refractivity contribution in [3.8, 4) is 5.75 Å². The van der Waals surface area contributed by atoms with Crippen molar-refractivity contribution in [3.05, 3.63) is 40.9 Å². The van der Waals surface area contributed by atoms with Crippen molar-refractivity contribution in [2.45, 2.75) is 32.2 Å². The Morgan fingerprint density at radius 3 is 3.04 bits per heavy atom. The van der Waals surface area contributed by atoms with E-state index in [9.17, 15) is 9.50 Å². The van der Waals surface area contributed by atoms with E-state index < -0.39 is 12.3 Å². The Morgan fingerprint density at radius 2 is 2.26 bits per heavy atom. The lowest BCUT2D eigenvalue weighted by molar-refractivity contribution is 0.0819. The van der Waals surface area contributed by atoms with Gasteiger partial charge in [0.2, 0.25) is 0 Å². The van der Waals surface area contributed by atoms with E-state index in [0.717, 1.165) is 10.9 Å². The molecular weight excluding hydrogens is 373 g/mol. The second-order valence-electron chi connectivity index (χ2n) is 6.56. The first-order valence-corrected chi connectivity index (χ1v) is 9.05. The fourth-order valence-electron chi connectivity index (χ4n) is 3.28. The molecule has 3 aromatic rings. The van der Waals surface area contributed by atoms with Crippen molar-refractivity contribution in [2.75, 3.05) is 18.0 Å². The standard InChI is InChI=1S/C18H19ClFN5O2/c1-10-17(19)22-16(9-26)23-18(10)25-5-4-15(13(20)8-25)27-12-2-3-14-11(6-12)7-21-24-14/h2-3,6-7,13,15,26H,4-5,8-9H2,1H3,(H,21,24)/t13-,15+/m0/s1. The zero-order valence-corrected chi connectivity index (χ0v) is 15.4. The maximum absolute atomic E-state index is 14.8. The molecule has 0 amide bonds. The third-order valence-electron chi connectivity index (χ3n) is 4.73. The highest BCUT2D eigenvalue weighted by Gasteiger charge is 2.32. The minimum absolute atomic E-state index is 0.137. The number of anilines is 1. The summed E-state index contributed by atoms with van der Waals surface area (Å²) in [6, 6.07) is 5.52. The van der Waals surface area contributed by atoms with Crippen LogP contribution >= 0.6 is 11.6 Å². The van der Waals surface area contributed by atoms with E-state index >= 15 is 0 Å². The number of ether oxygens (including phenoxy) is 1. The lowest BCUT2D eigenvalue weighted by atomic mass is 10.1. The van der Waals surface area contributed by atoms with Gasteiger partial charge in [-0.25, -0.2) is 14.4 Å². The van der Waals surface area contributed by atoms with Crippen LogP contribution in [0.2, 0.25) is 5.15 Å². The average Bonchev–Trinajstić information content (AvgIpc) is 3.13. The first-order valence-electron chi connectivity index (χ1n) is 8.68. The van der Waals surface area contributed by atoms with Crippen molar-refractivity contribution < 1.29 is 14.2 Å². The van der Waals surface area contributed by atoms with Crippen LogP contribution in [0.1, 0.15) is 17.8 Å². The maximum Gasteiger partial charge on any atom is 0.157 e. The molecule has 1 aromatic carbocycles. The monoisotopic (exact) mass is 391 g/mol. The molecule has 0 radical (unpaired) electrons. The number of aromatic amines is 1. The first kappa shape index (κ1) is 17.9. The predicted molar refractivity (Wildman–Crippen MR) is 99.9 cm³/mol. The Balaban J connectivity index is 1.48. The minimum atomic E-state index is -1.19. The van der Waals surface area contributed by atoms with Crippen molar-refractivity contribution in [3.63, 3.8) is 0 Å². The van der Waals surface area contributed by atoms with E-state index in [1.807, 2.05) is 23.1 Å². The number of nitrogens with one attached hydrogen (secondary N) is 1. The predicted octanol–water partition coefficient (Wildman–Crippen LogP) is 2.80. The molecule has 2 N–H and O–H groups in total. The van der Waals surface area contributed by atoms with Gasteiger partial charge in [-0.05, 0) is 25.1 Å². The Morgan fingerprint density at radius 1 is 1.41 bits per heavy atom. The van der Waals surface area contributed by atoms with Crippen molar-refractivity contribution in [1.29, 1.82) is 0 Å². The number of halogens is 2. The fraction of sp³-hybridized carbons (Fsp3) is 0.389. The van der Waals surface area contributed by atoms with Gasteiger partial charge in [0.05, 0.1) is 18.3 Å². The van der Waals surface area contributed by atoms with Crippen LogP contribution in [0.3, 0.4) is 0 Å². The number of aliphatic hydroxyl groups excluding tert-OH is 1. The molecule has 3 heterocycles. The summed E-state index contributed by atoms with van der Waals surface area (Å²) < 4.78 is 20.7. The third-order valence-corrected chi connectivity index (χ3v) is 5.10. The summed E-state index contributed by atoms with van der Waals surface area (Å²) in [6.45, 7) is 2.17. The van der Waals surface area contributed by atoms with E-state index in [0.29, 0.717) is 30.1 Å². The summed E-state index contributed by atoms with van der Waals surface area (Å²) in [6.07, 6.45) is 0.475. The van der Waals surface area contributed by atoms with Crippen molar-refractivity contribution in [1.82, 2.24) is 20.2 Å². The molecule has 0 bridgehead atoms. The van der Waals surface area contributed by atoms with E-state index in [2.05, 4.69) is 20.2 Å². The highest BCUT2D eigenvalue weighted by atomic mass is 35.5. The fourth-order valence-corrected chi connectivity index (χ4v) is 3.46. The second kappa shape index (κ2) is 7.28. The van der Waals surface area contributed by atoms with Gasteiger partial charge >= 0.3 is 0 Å². The molecule has 0 aliphatic carbocycles. The lowest BCUT2D eigenvalue weighted by Crippen LogP contribution is -2.47. The SMILES string of the molecule is Cc1c(Cl)nc(CO)nc1N1CC[C@@H](Oc2ccc3[nH]ncc3c2)[C@@H](F)C1. The van der Waals surface area contributed by atoms with Gasteiger partial charge in [0.15, 0.2) is 12.0 Å². The molecule has 1 fully saturated rings. The molecule has 0 spiro atoms. The molecule has 9 heteroatoms. The van der Waals surface area contributed by atoms with Crippen molar-refractivity contribution >= 4 is 28.3 Å². The van der Waals surface area contributed by atoms with Crippen LogP contribution in [0.15, 0.2) is 24.4 Å². The Bertz CT molecular complexity index is 966. The molecule has 142 valence electrons. The zero-order chi connectivity index (χ0) is 19.0. The average molecular weight is 392 g/mol. The number of piperidine rings is 1. The first-order chi connectivity index (χ1) is 13.0. The normalized spacial score (nSPS) is 20.2. The van der Waals surface area contributed by atoms with Gasteiger partial charge in [-0.1, -0.05) is 11.6 Å². The molecule has 2 aromatic heterocycles. The lowest BCUT2D eigenvalue weighted by Gasteiger charge is -2.36. The highest BCUT2D eigenvalue weighted by molar-refractivity contribution is 6.30. The third kappa shape index (κ3) is 3.54. The maximum atomic E-state index is 14.8. The number of benzene rings is 1. The molecular formula is C18H19ClFN5O2. The summed E-state index contributed by atoms with van der Waals surface area (Å²) >= 11 is 6.11. The molecule has 0 unspecified atom stereocenters. The number of nitrogens with zero attached hydrogens (tertiary/aromatic N) is 4. The van der Waals surface area contributed by atoms with Crippen LogP contribution in [0, 0.1) is 6.92 Å². The summed E-state index contributed by atoms with van der Waals surface area (Å²) in [5.41, 5.74) is 1.58. The summed E-state index contributed by atoms with van der Waals surface area (Å²) in [7, 11) is 0. The molecule has 7 nitrogen and oxygen atoms in total. The molecule has 1 aliphatic heterocycles. The molecule has 0 saturated carbocycles. The molecule has 1 aliphatic rings. The summed E-state index contributed by atoms with van der Waals surface area (Å²) in [5.74, 6) is 1.40. The minimum Gasteiger partial charge on any atom is -0.487 e. The van der Waals surface area contributed by atoms with Gasteiger partial charge in [-0.2, -0.15) is 5.10 Å². The molecule has 2 atom stereocenters. The van der Waals surface area contributed by atoms with Gasteiger partial charge in [-0.15, -0.1) is 0 Å². The highest BCUT2D eigenvalue weighted by Crippen LogP contribution is 2.29. The van der Waals surface area contributed by atoms with Gasteiger partial charge in [0, 0.05) is 23.9 Å². The van der Waals surface area contributed by atoms with Gasteiger partial charge < -0.3 is 14.7 Å². The number of fused-ring (bicyclic) bond motifs is 1. The molecule has 4 rings (SSSR count). The van der Waals surface area contributed by atoms with E-state index in [4.69, 9.17) is 16.3 Å². The number of alkyl halides is 1. The number of H-pyrrole nitrogens is 1. The summed E-state index contributed by atoms with van der Waals surface area (Å²) in [4.78, 5) is 10.1. The smallest absolute Gasteiger partial charge is 0.157 e. The molecule has 27 heavy (non-hydrogen) atoms. The van der Waals surface area contributed by atoms with Crippen LogP contribution in [-0.4, -0.2) is 50.6 Å². The van der Waals surface area contributed by atoms with Gasteiger partial charge in [0.1, 0.15) is 29.4 Å². The van der Waals surface area contributed by atoms with E-state index in [1.165, 1.54) is 0 Å². The van der Waals surface area contributed by atoms with Crippen LogP contribution in [0.25, 0.3) is 10.9 Å². The van der Waals surface area contributed by atoms with Gasteiger partial charge in [0.25, 0.3) is 0 Å². The Kier molecular flexibility index (Phi) is 4.84. The molecule has 1 saturated heterocycles. The largest absolute Gasteiger partial charge is 0.487 e. The van der Waals surface area contributed by atoms with E-state index in [-0.39, 0.29) is 24.1 Å². The zero-order valence-electron chi connectivity index (χ0n) is 14.7.